The van der Waals surface area contributed by atoms with Gasteiger partial charge in [0.2, 0.25) is 0 Å². The van der Waals surface area contributed by atoms with Gasteiger partial charge in [-0.25, -0.2) is 9.97 Å². The molecule has 5 rings (SSSR count). The summed E-state index contributed by atoms with van der Waals surface area (Å²) in [5.74, 6) is 0.125. The highest BCUT2D eigenvalue weighted by molar-refractivity contribution is 5.97. The Morgan fingerprint density at radius 1 is 1.00 bits per heavy atom. The molecule has 1 saturated carbocycles. The normalized spacial score (nSPS) is 17.9. The van der Waals surface area contributed by atoms with Gasteiger partial charge in [-0.1, -0.05) is 12.8 Å². The molecule has 0 atom stereocenters. The van der Waals surface area contributed by atoms with Crippen molar-refractivity contribution in [3.05, 3.63) is 48.3 Å². The van der Waals surface area contributed by atoms with E-state index in [-0.39, 0.29) is 11.8 Å². The molecule has 0 radical (unpaired) electrons. The van der Waals surface area contributed by atoms with Crippen LogP contribution in [0.5, 0.6) is 0 Å². The van der Waals surface area contributed by atoms with E-state index in [4.69, 9.17) is 4.42 Å². The van der Waals surface area contributed by atoms with Crippen LogP contribution in [0.3, 0.4) is 0 Å². The van der Waals surface area contributed by atoms with E-state index < -0.39 is 0 Å². The molecule has 2 amide bonds. The van der Waals surface area contributed by atoms with E-state index in [1.54, 1.807) is 28.1 Å². The first-order valence-electron chi connectivity index (χ1n) is 10.2. The van der Waals surface area contributed by atoms with Gasteiger partial charge in [0, 0.05) is 38.4 Å². The van der Waals surface area contributed by atoms with Crippen LogP contribution in [-0.2, 0) is 0 Å². The summed E-state index contributed by atoms with van der Waals surface area (Å²) in [5.41, 5.74) is 2.15. The molecule has 2 aliphatic rings. The lowest BCUT2D eigenvalue weighted by Crippen LogP contribution is -2.50. The fraction of sp³-hybridized carbons (Fsp3) is 0.429. The highest BCUT2D eigenvalue weighted by Gasteiger charge is 2.27. The van der Waals surface area contributed by atoms with Gasteiger partial charge in [-0.3, -0.25) is 9.59 Å². The zero-order valence-electron chi connectivity index (χ0n) is 16.2. The monoisotopic (exact) mass is 393 g/mol. The fourth-order valence-corrected chi connectivity index (χ4v) is 4.34. The van der Waals surface area contributed by atoms with E-state index in [2.05, 4.69) is 14.5 Å². The van der Waals surface area contributed by atoms with Crippen molar-refractivity contribution < 1.29 is 14.0 Å². The predicted octanol–water partition coefficient (Wildman–Crippen LogP) is 2.74. The van der Waals surface area contributed by atoms with Crippen LogP contribution in [0, 0.1) is 0 Å². The number of carbonyl (C=O) groups is 2. The molecule has 0 unspecified atom stereocenters. The molecule has 0 N–H and O–H groups in total. The van der Waals surface area contributed by atoms with Gasteiger partial charge in [0.1, 0.15) is 5.52 Å². The number of imidazole rings is 1. The second-order valence-electron chi connectivity index (χ2n) is 7.72. The molecule has 1 aliphatic heterocycles. The Hall–Kier alpha value is -3.16. The smallest absolute Gasteiger partial charge is 0.289 e. The number of hydrogen-bond donors (Lipinski definition) is 0. The highest BCUT2D eigenvalue weighted by atomic mass is 16.3. The summed E-state index contributed by atoms with van der Waals surface area (Å²) in [4.78, 5) is 37.8. The van der Waals surface area contributed by atoms with Gasteiger partial charge < -0.3 is 18.8 Å². The third-order valence-corrected chi connectivity index (χ3v) is 5.96. The SMILES string of the molecule is O=C(c1cnc2c(c1)ncn2C1CCCC1)N1CCN(C(=O)c2ccco2)CC1. The maximum Gasteiger partial charge on any atom is 0.289 e. The molecule has 1 saturated heterocycles. The maximum atomic E-state index is 12.9. The van der Waals surface area contributed by atoms with Crippen LogP contribution in [0.15, 0.2) is 41.4 Å². The summed E-state index contributed by atoms with van der Waals surface area (Å²) >= 11 is 0. The molecular formula is C21H23N5O3. The van der Waals surface area contributed by atoms with E-state index in [0.29, 0.717) is 43.5 Å². The first-order chi connectivity index (χ1) is 14.2. The van der Waals surface area contributed by atoms with Gasteiger partial charge in [-0.05, 0) is 31.0 Å². The van der Waals surface area contributed by atoms with E-state index >= 15 is 0 Å². The minimum atomic E-state index is -0.136. The lowest BCUT2D eigenvalue weighted by atomic mass is 10.2. The maximum absolute atomic E-state index is 12.9. The Labute approximate surface area is 168 Å². The minimum absolute atomic E-state index is 0.0695. The first kappa shape index (κ1) is 17.9. The average molecular weight is 393 g/mol. The summed E-state index contributed by atoms with van der Waals surface area (Å²) in [6.07, 6.45) is 9.80. The molecule has 0 aromatic carbocycles. The van der Waals surface area contributed by atoms with Crippen molar-refractivity contribution in [2.75, 3.05) is 26.2 Å². The Morgan fingerprint density at radius 3 is 2.41 bits per heavy atom. The van der Waals surface area contributed by atoms with Crippen molar-refractivity contribution >= 4 is 23.0 Å². The lowest BCUT2D eigenvalue weighted by Gasteiger charge is -2.34. The molecule has 0 spiro atoms. The third-order valence-electron chi connectivity index (χ3n) is 5.96. The van der Waals surface area contributed by atoms with Crippen molar-refractivity contribution in [1.29, 1.82) is 0 Å². The quantitative estimate of drug-likeness (QED) is 0.683. The van der Waals surface area contributed by atoms with Gasteiger partial charge in [-0.2, -0.15) is 0 Å². The van der Waals surface area contributed by atoms with Crippen molar-refractivity contribution in [3.8, 4) is 0 Å². The zero-order chi connectivity index (χ0) is 19.8. The number of rotatable bonds is 3. The molecular weight excluding hydrogens is 370 g/mol. The first-order valence-corrected chi connectivity index (χ1v) is 10.2. The third kappa shape index (κ3) is 3.28. The Bertz CT molecular complexity index is 1030. The molecule has 8 nitrogen and oxygen atoms in total. The van der Waals surface area contributed by atoms with Crippen LogP contribution < -0.4 is 0 Å². The van der Waals surface area contributed by atoms with Gasteiger partial charge >= 0.3 is 0 Å². The van der Waals surface area contributed by atoms with Crippen molar-refractivity contribution in [2.24, 2.45) is 0 Å². The number of aromatic nitrogens is 3. The number of furan rings is 1. The van der Waals surface area contributed by atoms with Gasteiger partial charge in [0.25, 0.3) is 11.8 Å². The molecule has 1 aliphatic carbocycles. The van der Waals surface area contributed by atoms with Crippen LogP contribution in [0.25, 0.3) is 11.2 Å². The Balaban J connectivity index is 1.27. The highest BCUT2D eigenvalue weighted by Crippen LogP contribution is 2.31. The van der Waals surface area contributed by atoms with Crippen LogP contribution >= 0.6 is 0 Å². The minimum Gasteiger partial charge on any atom is -0.459 e. The van der Waals surface area contributed by atoms with E-state index in [1.807, 2.05) is 12.4 Å². The Morgan fingerprint density at radius 2 is 1.72 bits per heavy atom. The Kier molecular flexibility index (Phi) is 4.54. The molecule has 2 fully saturated rings. The second kappa shape index (κ2) is 7.35. The number of hydrogen-bond acceptors (Lipinski definition) is 5. The van der Waals surface area contributed by atoms with Crippen LogP contribution in [0.4, 0.5) is 0 Å². The number of pyridine rings is 1. The molecule has 150 valence electrons. The summed E-state index contributed by atoms with van der Waals surface area (Å²) in [6.45, 7) is 1.94. The van der Waals surface area contributed by atoms with Crippen LogP contribution in [0.2, 0.25) is 0 Å². The van der Waals surface area contributed by atoms with Gasteiger partial charge in [-0.15, -0.1) is 0 Å². The lowest BCUT2D eigenvalue weighted by molar-refractivity contribution is 0.0518. The van der Waals surface area contributed by atoms with Crippen LogP contribution in [-0.4, -0.2) is 62.3 Å². The number of piperazine rings is 1. The largest absolute Gasteiger partial charge is 0.459 e. The second-order valence-corrected chi connectivity index (χ2v) is 7.72. The van der Waals surface area contributed by atoms with E-state index in [1.165, 1.54) is 19.1 Å². The molecule has 29 heavy (non-hydrogen) atoms. The van der Waals surface area contributed by atoms with E-state index in [0.717, 1.165) is 24.0 Å². The van der Waals surface area contributed by atoms with Gasteiger partial charge in [0.05, 0.1) is 18.2 Å². The number of carbonyl (C=O) groups excluding carboxylic acids is 2. The molecule has 3 aromatic rings. The standard InChI is InChI=1S/C21H23N5O3/c27-20(24-7-9-25(10-8-24)21(28)18-6-3-11-29-18)15-12-17-19(22-13-15)26(14-23-17)16-4-1-2-5-16/h3,6,11-14,16H,1-2,4-5,7-10H2. The number of amides is 2. The average Bonchev–Trinajstić information content (AvgIpc) is 3.53. The van der Waals surface area contributed by atoms with Gasteiger partial charge in [0.15, 0.2) is 11.4 Å². The molecule has 8 heteroatoms. The predicted molar refractivity (Wildman–Crippen MR) is 106 cm³/mol. The summed E-state index contributed by atoms with van der Waals surface area (Å²) in [6, 6.07) is 5.65. The zero-order valence-corrected chi connectivity index (χ0v) is 16.2. The topological polar surface area (TPSA) is 84.5 Å². The van der Waals surface area contributed by atoms with Crippen LogP contribution in [0.1, 0.15) is 52.6 Å². The number of nitrogens with zero attached hydrogens (tertiary/aromatic N) is 5. The van der Waals surface area contributed by atoms with Crippen molar-refractivity contribution in [3.63, 3.8) is 0 Å². The fourth-order valence-electron chi connectivity index (χ4n) is 4.34. The molecule has 0 bridgehead atoms. The molecule has 3 aromatic heterocycles. The molecule has 4 heterocycles. The number of fused-ring (bicyclic) bond motifs is 1. The summed E-state index contributed by atoms with van der Waals surface area (Å²) in [7, 11) is 0. The van der Waals surface area contributed by atoms with Crippen molar-refractivity contribution in [1.82, 2.24) is 24.3 Å². The van der Waals surface area contributed by atoms with Crippen molar-refractivity contribution in [2.45, 2.75) is 31.7 Å². The summed E-state index contributed by atoms with van der Waals surface area (Å²) < 4.78 is 7.33. The van der Waals surface area contributed by atoms with E-state index in [9.17, 15) is 9.59 Å². The summed E-state index contributed by atoms with van der Waals surface area (Å²) in [5, 5.41) is 0.